The van der Waals surface area contributed by atoms with E-state index in [1.807, 2.05) is 6.08 Å². The predicted molar refractivity (Wildman–Crippen MR) is 108 cm³/mol. The summed E-state index contributed by atoms with van der Waals surface area (Å²) in [6.07, 6.45) is 12.2. The molecule has 3 saturated heterocycles. The summed E-state index contributed by atoms with van der Waals surface area (Å²) in [6.45, 7) is 8.75. The number of fused-ring (bicyclic) bond motifs is 5. The average Bonchev–Trinajstić information content (AvgIpc) is 3.31. The first-order valence-electron chi connectivity index (χ1n) is 10.5. The standard InChI is InChI=1S/C23H33NO4/c1-15(2)7-5-8-16(3)9-6-10-17(4)13-14-27-24-22(25)20-18-11-12-19(28-18)21(20)23(24)26/h7,9,13,18-21H,5-6,8,10-12,14H2,1-4H3/b16-9+,17-13+/t18-,19+,20-,21+. The molecule has 3 heterocycles. The van der Waals surface area contributed by atoms with Gasteiger partial charge in [-0.2, -0.15) is 5.06 Å². The molecule has 0 aromatic heterocycles. The van der Waals surface area contributed by atoms with Gasteiger partial charge in [-0.05, 0) is 66.2 Å². The van der Waals surface area contributed by atoms with Crippen LogP contribution in [-0.4, -0.2) is 35.7 Å². The van der Waals surface area contributed by atoms with Crippen molar-refractivity contribution in [1.82, 2.24) is 5.06 Å². The van der Waals surface area contributed by atoms with E-state index in [1.54, 1.807) is 0 Å². The number of amides is 2. The Morgan fingerprint density at radius 3 is 2.04 bits per heavy atom. The molecule has 0 unspecified atom stereocenters. The van der Waals surface area contributed by atoms with Crippen molar-refractivity contribution >= 4 is 11.8 Å². The SMILES string of the molecule is CC(C)=CCC/C(C)=C/CC/C(C)=C/CON1C(=O)[C@@H]2[C@H](C1=O)[C@H]1CC[C@@H]2O1. The topological polar surface area (TPSA) is 55.8 Å². The molecule has 154 valence electrons. The third kappa shape index (κ3) is 4.64. The minimum Gasteiger partial charge on any atom is -0.373 e. The van der Waals surface area contributed by atoms with Crippen LogP contribution in [-0.2, 0) is 19.2 Å². The van der Waals surface area contributed by atoms with Gasteiger partial charge in [0.2, 0.25) is 0 Å². The lowest BCUT2D eigenvalue weighted by Gasteiger charge is -2.15. The van der Waals surface area contributed by atoms with Gasteiger partial charge in [-0.1, -0.05) is 34.9 Å². The zero-order valence-electron chi connectivity index (χ0n) is 17.6. The van der Waals surface area contributed by atoms with Gasteiger partial charge in [0, 0.05) is 0 Å². The maximum atomic E-state index is 12.5. The van der Waals surface area contributed by atoms with Gasteiger partial charge in [0.05, 0.1) is 30.7 Å². The summed E-state index contributed by atoms with van der Waals surface area (Å²) in [5.74, 6) is -1.09. The van der Waals surface area contributed by atoms with Crippen LogP contribution in [0.25, 0.3) is 0 Å². The molecule has 3 aliphatic rings. The smallest absolute Gasteiger partial charge is 0.260 e. The number of nitrogens with zero attached hydrogens (tertiary/aromatic N) is 1. The molecule has 28 heavy (non-hydrogen) atoms. The Labute approximate surface area is 168 Å². The number of allylic oxidation sites excluding steroid dienone is 5. The van der Waals surface area contributed by atoms with Gasteiger partial charge < -0.3 is 4.74 Å². The van der Waals surface area contributed by atoms with Gasteiger partial charge in [-0.25, -0.2) is 0 Å². The van der Waals surface area contributed by atoms with Crippen molar-refractivity contribution in [2.75, 3.05) is 6.61 Å². The van der Waals surface area contributed by atoms with E-state index in [1.165, 1.54) is 16.7 Å². The predicted octanol–water partition coefficient (Wildman–Crippen LogP) is 4.50. The van der Waals surface area contributed by atoms with Crippen LogP contribution in [0.3, 0.4) is 0 Å². The minimum absolute atomic E-state index is 0.0934. The number of carbonyl (C=O) groups is 2. The van der Waals surface area contributed by atoms with E-state index in [0.29, 0.717) is 0 Å². The van der Waals surface area contributed by atoms with E-state index in [4.69, 9.17) is 9.57 Å². The maximum Gasteiger partial charge on any atom is 0.260 e. The zero-order valence-corrected chi connectivity index (χ0v) is 17.6. The molecular formula is C23H33NO4. The molecule has 0 aromatic carbocycles. The van der Waals surface area contributed by atoms with Gasteiger partial charge in [-0.15, -0.1) is 0 Å². The quantitative estimate of drug-likeness (QED) is 0.432. The van der Waals surface area contributed by atoms with E-state index < -0.39 is 0 Å². The second-order valence-corrected chi connectivity index (χ2v) is 8.57. The van der Waals surface area contributed by atoms with Crippen LogP contribution in [0.2, 0.25) is 0 Å². The Morgan fingerprint density at radius 2 is 1.46 bits per heavy atom. The molecule has 2 amide bonds. The monoisotopic (exact) mass is 387 g/mol. The summed E-state index contributed by atoms with van der Waals surface area (Å²) >= 11 is 0. The molecule has 0 radical (unpaired) electrons. The van der Waals surface area contributed by atoms with Crippen LogP contribution >= 0.6 is 0 Å². The van der Waals surface area contributed by atoms with Gasteiger partial charge in [0.15, 0.2) is 0 Å². The first-order chi connectivity index (χ1) is 13.4. The van der Waals surface area contributed by atoms with E-state index in [2.05, 4.69) is 39.8 Å². The summed E-state index contributed by atoms with van der Waals surface area (Å²) in [5, 5.41) is 1.00. The molecule has 5 heteroatoms. The van der Waals surface area contributed by atoms with Crippen molar-refractivity contribution in [2.24, 2.45) is 11.8 Å². The van der Waals surface area contributed by atoms with Crippen molar-refractivity contribution in [3.63, 3.8) is 0 Å². The lowest BCUT2D eigenvalue weighted by molar-refractivity contribution is -0.188. The summed E-state index contributed by atoms with van der Waals surface area (Å²) in [4.78, 5) is 30.6. The Morgan fingerprint density at radius 1 is 0.929 bits per heavy atom. The van der Waals surface area contributed by atoms with Crippen molar-refractivity contribution in [1.29, 1.82) is 0 Å². The first kappa shape index (κ1) is 21.0. The van der Waals surface area contributed by atoms with Crippen LogP contribution < -0.4 is 0 Å². The highest BCUT2D eigenvalue weighted by Gasteiger charge is 2.63. The van der Waals surface area contributed by atoms with Crippen molar-refractivity contribution < 1.29 is 19.2 Å². The second-order valence-electron chi connectivity index (χ2n) is 8.57. The van der Waals surface area contributed by atoms with Crippen molar-refractivity contribution in [3.05, 3.63) is 34.9 Å². The number of carbonyl (C=O) groups excluding carboxylic acids is 2. The Kier molecular flexibility index (Phi) is 6.89. The molecule has 0 saturated carbocycles. The number of imide groups is 1. The molecule has 3 aliphatic heterocycles. The number of hydroxylamine groups is 2. The van der Waals surface area contributed by atoms with Gasteiger partial charge >= 0.3 is 0 Å². The van der Waals surface area contributed by atoms with Crippen molar-refractivity contribution in [3.8, 4) is 0 Å². The summed E-state index contributed by atoms with van der Waals surface area (Å²) in [6, 6.07) is 0. The molecule has 3 fully saturated rings. The van der Waals surface area contributed by atoms with Crippen LogP contribution in [0, 0.1) is 11.8 Å². The number of hydrogen-bond acceptors (Lipinski definition) is 4. The molecule has 0 aliphatic carbocycles. The third-order valence-corrected chi connectivity index (χ3v) is 6.00. The molecule has 3 rings (SSSR count). The molecule has 0 aromatic rings. The lowest BCUT2D eigenvalue weighted by Crippen LogP contribution is -2.34. The maximum absolute atomic E-state index is 12.5. The highest BCUT2D eigenvalue weighted by atomic mass is 16.7. The van der Waals surface area contributed by atoms with E-state index in [-0.39, 0.29) is 42.5 Å². The van der Waals surface area contributed by atoms with Gasteiger partial charge in [-0.3, -0.25) is 14.4 Å². The van der Waals surface area contributed by atoms with Crippen molar-refractivity contribution in [2.45, 2.75) is 78.4 Å². The number of rotatable bonds is 9. The molecule has 0 spiro atoms. The Balaban J connectivity index is 1.40. The fourth-order valence-electron chi connectivity index (χ4n) is 4.40. The normalized spacial score (nSPS) is 29.6. The third-order valence-electron chi connectivity index (χ3n) is 6.00. The Hall–Kier alpha value is -1.72. The largest absolute Gasteiger partial charge is 0.373 e. The van der Waals surface area contributed by atoms with Crippen LogP contribution in [0.15, 0.2) is 34.9 Å². The lowest BCUT2D eigenvalue weighted by atomic mass is 9.81. The highest BCUT2D eigenvalue weighted by molar-refractivity contribution is 6.05. The number of hydrogen-bond donors (Lipinski definition) is 0. The summed E-state index contributed by atoms with van der Waals surface area (Å²) in [7, 11) is 0. The van der Waals surface area contributed by atoms with E-state index in [9.17, 15) is 9.59 Å². The fraction of sp³-hybridized carbons (Fsp3) is 0.652. The fourth-order valence-corrected chi connectivity index (χ4v) is 4.40. The molecule has 5 nitrogen and oxygen atoms in total. The Bertz CT molecular complexity index is 673. The van der Waals surface area contributed by atoms with Gasteiger partial charge in [0.1, 0.15) is 0 Å². The summed E-state index contributed by atoms with van der Waals surface area (Å²) < 4.78 is 5.73. The highest BCUT2D eigenvalue weighted by Crippen LogP contribution is 2.48. The average molecular weight is 388 g/mol. The van der Waals surface area contributed by atoms with E-state index >= 15 is 0 Å². The minimum atomic E-state index is -0.323. The van der Waals surface area contributed by atoms with Crippen LogP contribution in [0.4, 0.5) is 0 Å². The number of ether oxygens (including phenoxy) is 1. The van der Waals surface area contributed by atoms with E-state index in [0.717, 1.165) is 43.6 Å². The second kappa shape index (κ2) is 9.19. The summed E-state index contributed by atoms with van der Waals surface area (Å²) in [5.41, 5.74) is 3.99. The first-order valence-corrected chi connectivity index (χ1v) is 10.5. The van der Waals surface area contributed by atoms with Crippen LogP contribution in [0.5, 0.6) is 0 Å². The molecule has 4 atom stereocenters. The molecular weight excluding hydrogens is 354 g/mol. The molecule has 2 bridgehead atoms. The van der Waals surface area contributed by atoms with Crippen LogP contribution in [0.1, 0.15) is 66.2 Å². The zero-order chi connectivity index (χ0) is 20.3. The molecule has 0 N–H and O–H groups in total. The van der Waals surface area contributed by atoms with Gasteiger partial charge in [0.25, 0.3) is 11.8 Å².